The van der Waals surface area contributed by atoms with E-state index < -0.39 is 24.1 Å². The smallest absolute Gasteiger partial charge is 0.512 e. The summed E-state index contributed by atoms with van der Waals surface area (Å²) in [6, 6.07) is 7.17. The van der Waals surface area contributed by atoms with Crippen LogP contribution in [0, 0.1) is 0 Å². The molecule has 0 radical (unpaired) electrons. The molecular weight excluding hydrogens is 415 g/mol. The number of benzene rings is 1. The molecule has 10 heteroatoms. The van der Waals surface area contributed by atoms with Crippen molar-refractivity contribution < 1.29 is 34.4 Å². The number of amides is 1. The maximum Gasteiger partial charge on any atom is 0.707 e. The first-order chi connectivity index (χ1) is 14.5. The number of hydrogen-bond donors (Lipinski definition) is 4. The van der Waals surface area contributed by atoms with E-state index in [2.05, 4.69) is 4.90 Å². The number of aliphatic hydroxyl groups is 2. The Balaban J connectivity index is 0.000000547. The summed E-state index contributed by atoms with van der Waals surface area (Å²) < 4.78 is 10.2. The van der Waals surface area contributed by atoms with Crippen LogP contribution in [0.1, 0.15) is 54.0 Å². The molecule has 0 unspecified atom stereocenters. The predicted molar refractivity (Wildman–Crippen MR) is 123 cm³/mol. The Labute approximate surface area is 191 Å². The number of hydrogen-bond acceptors (Lipinski definition) is 8. The largest absolute Gasteiger partial charge is 0.707 e. The Hall–Kier alpha value is -1.85. The van der Waals surface area contributed by atoms with Crippen LogP contribution in [-0.4, -0.2) is 86.5 Å². The van der Waals surface area contributed by atoms with Crippen molar-refractivity contribution in [3.8, 4) is 5.75 Å². The SMILES string of the molecule is CC(C)(C)OC(=O)N1CCN(Cc2ccc(OB(O)O)cc2)CC1.CC(C)(O)C(C)(C)O. The maximum absolute atomic E-state index is 12.0. The molecule has 0 atom stereocenters. The van der Waals surface area contributed by atoms with Gasteiger partial charge in [0.25, 0.3) is 0 Å². The zero-order valence-electron chi connectivity index (χ0n) is 20.3. The molecule has 0 aromatic heterocycles. The van der Waals surface area contributed by atoms with Crippen LogP contribution in [0.25, 0.3) is 0 Å². The molecule has 0 saturated carbocycles. The van der Waals surface area contributed by atoms with E-state index in [-0.39, 0.29) is 6.09 Å². The predicted octanol–water partition coefficient (Wildman–Crippen LogP) is 1.62. The Kier molecular flexibility index (Phi) is 9.98. The Morgan fingerprint density at radius 3 is 1.75 bits per heavy atom. The molecule has 1 saturated heterocycles. The van der Waals surface area contributed by atoms with Crippen LogP contribution in [0.4, 0.5) is 4.79 Å². The van der Waals surface area contributed by atoms with Crippen LogP contribution in [0.2, 0.25) is 0 Å². The molecule has 0 bridgehead atoms. The van der Waals surface area contributed by atoms with Gasteiger partial charge in [-0.1, -0.05) is 12.1 Å². The van der Waals surface area contributed by atoms with Crippen molar-refractivity contribution in [2.24, 2.45) is 0 Å². The van der Waals surface area contributed by atoms with Crippen LogP contribution in [0.5, 0.6) is 5.75 Å². The second-order valence-corrected chi connectivity index (χ2v) is 9.95. The monoisotopic (exact) mass is 454 g/mol. The highest BCUT2D eigenvalue weighted by atomic mass is 16.6. The lowest BCUT2D eigenvalue weighted by atomic mass is 9.90. The summed E-state index contributed by atoms with van der Waals surface area (Å²) in [6.45, 7) is 15.5. The van der Waals surface area contributed by atoms with Gasteiger partial charge in [0.15, 0.2) is 0 Å². The summed E-state index contributed by atoms with van der Waals surface area (Å²) in [5, 5.41) is 35.7. The van der Waals surface area contributed by atoms with Gasteiger partial charge in [-0.25, -0.2) is 4.79 Å². The van der Waals surface area contributed by atoms with E-state index in [0.29, 0.717) is 18.8 Å². The Bertz CT molecular complexity index is 687. The van der Waals surface area contributed by atoms with Gasteiger partial charge in [0.1, 0.15) is 11.4 Å². The van der Waals surface area contributed by atoms with E-state index in [4.69, 9.17) is 29.7 Å². The van der Waals surface area contributed by atoms with E-state index in [1.54, 1.807) is 44.7 Å². The first kappa shape index (κ1) is 28.2. The number of ether oxygens (including phenoxy) is 1. The molecule has 1 fully saturated rings. The number of piperazine rings is 1. The second-order valence-electron chi connectivity index (χ2n) is 9.95. The molecule has 182 valence electrons. The normalized spacial score (nSPS) is 15.5. The summed E-state index contributed by atoms with van der Waals surface area (Å²) in [5.41, 5.74) is -1.39. The first-order valence-corrected chi connectivity index (χ1v) is 10.7. The van der Waals surface area contributed by atoms with E-state index >= 15 is 0 Å². The average molecular weight is 454 g/mol. The van der Waals surface area contributed by atoms with E-state index in [9.17, 15) is 4.79 Å². The van der Waals surface area contributed by atoms with E-state index in [0.717, 1.165) is 25.2 Å². The fraction of sp³-hybridized carbons (Fsp3) is 0.682. The minimum Gasteiger partial charge on any atom is -0.512 e. The highest BCUT2D eigenvalue weighted by molar-refractivity contribution is 6.33. The van der Waals surface area contributed by atoms with Crippen molar-refractivity contribution >= 4 is 13.4 Å². The fourth-order valence-corrected chi connectivity index (χ4v) is 2.47. The Morgan fingerprint density at radius 2 is 1.38 bits per heavy atom. The molecule has 1 aliphatic heterocycles. The minimum absolute atomic E-state index is 0.258. The number of carbonyl (C=O) groups excluding carboxylic acids is 1. The van der Waals surface area contributed by atoms with Crippen molar-refractivity contribution in [3.63, 3.8) is 0 Å². The summed E-state index contributed by atoms with van der Waals surface area (Å²) in [5.74, 6) is 0.406. The van der Waals surface area contributed by atoms with Gasteiger partial charge in [-0.05, 0) is 66.2 Å². The second kappa shape index (κ2) is 11.3. The molecule has 1 aromatic carbocycles. The molecule has 0 aliphatic carbocycles. The van der Waals surface area contributed by atoms with Gasteiger partial charge in [0.2, 0.25) is 0 Å². The van der Waals surface area contributed by atoms with E-state index in [1.165, 1.54) is 0 Å². The van der Waals surface area contributed by atoms with Crippen molar-refractivity contribution in [2.75, 3.05) is 26.2 Å². The first-order valence-electron chi connectivity index (χ1n) is 10.7. The lowest BCUT2D eigenvalue weighted by Crippen LogP contribution is -2.49. The number of nitrogens with zero attached hydrogens (tertiary/aromatic N) is 2. The third-order valence-corrected chi connectivity index (χ3v) is 5.09. The van der Waals surface area contributed by atoms with Crippen LogP contribution < -0.4 is 4.65 Å². The van der Waals surface area contributed by atoms with Gasteiger partial charge in [-0.15, -0.1) is 0 Å². The summed E-state index contributed by atoms with van der Waals surface area (Å²) in [4.78, 5) is 16.0. The highest BCUT2D eigenvalue weighted by Gasteiger charge is 2.32. The standard InChI is InChI=1S/C16H25BN2O5.C6H14O2/c1-16(2,3)23-15(20)19-10-8-18(9-11-19)12-13-4-6-14(7-5-13)24-17(21)22;1-5(2,7)6(3,4)8/h4-7,21-22H,8-12H2,1-3H3;7-8H,1-4H3. The summed E-state index contributed by atoms with van der Waals surface area (Å²) in [7, 11) is -1.81. The van der Waals surface area contributed by atoms with Gasteiger partial charge in [0.05, 0.1) is 11.2 Å². The quantitative estimate of drug-likeness (QED) is 0.495. The fourth-order valence-electron chi connectivity index (χ4n) is 2.47. The van der Waals surface area contributed by atoms with Gasteiger partial charge in [-0.3, -0.25) is 4.90 Å². The molecule has 0 spiro atoms. The average Bonchev–Trinajstić information content (AvgIpc) is 2.61. The topological polar surface area (TPSA) is 123 Å². The third-order valence-electron chi connectivity index (χ3n) is 5.09. The van der Waals surface area contributed by atoms with Gasteiger partial charge < -0.3 is 34.6 Å². The highest BCUT2D eigenvalue weighted by Crippen LogP contribution is 2.19. The lowest BCUT2D eigenvalue weighted by molar-refractivity contribution is -0.107. The van der Waals surface area contributed by atoms with Crippen molar-refractivity contribution in [1.29, 1.82) is 0 Å². The number of carbonyl (C=O) groups is 1. The molecule has 4 N–H and O–H groups in total. The molecular formula is C22H39BN2O7. The number of rotatable bonds is 5. The maximum atomic E-state index is 12.0. The third kappa shape index (κ3) is 10.6. The van der Waals surface area contributed by atoms with Gasteiger partial charge >= 0.3 is 13.4 Å². The van der Waals surface area contributed by atoms with E-state index in [1.807, 2.05) is 32.9 Å². The van der Waals surface area contributed by atoms with Gasteiger partial charge in [0, 0.05) is 32.7 Å². The summed E-state index contributed by atoms with van der Waals surface area (Å²) in [6.07, 6.45) is -0.258. The molecule has 32 heavy (non-hydrogen) atoms. The van der Waals surface area contributed by atoms with Crippen molar-refractivity contribution in [1.82, 2.24) is 9.80 Å². The Morgan fingerprint density at radius 1 is 0.906 bits per heavy atom. The summed E-state index contributed by atoms with van der Waals surface area (Å²) >= 11 is 0. The van der Waals surface area contributed by atoms with Crippen LogP contribution in [-0.2, 0) is 11.3 Å². The molecule has 9 nitrogen and oxygen atoms in total. The van der Waals surface area contributed by atoms with Gasteiger partial charge in [-0.2, -0.15) is 0 Å². The van der Waals surface area contributed by atoms with Crippen LogP contribution >= 0.6 is 0 Å². The molecule has 2 rings (SSSR count). The minimum atomic E-state index is -1.81. The lowest BCUT2D eigenvalue weighted by Gasteiger charge is -2.35. The van der Waals surface area contributed by atoms with Crippen molar-refractivity contribution in [3.05, 3.63) is 29.8 Å². The van der Waals surface area contributed by atoms with Crippen LogP contribution in [0.3, 0.4) is 0 Å². The molecule has 1 heterocycles. The molecule has 1 aromatic rings. The molecule has 1 aliphatic rings. The zero-order chi connectivity index (χ0) is 24.7. The van der Waals surface area contributed by atoms with Crippen LogP contribution in [0.15, 0.2) is 24.3 Å². The molecule has 1 amide bonds. The van der Waals surface area contributed by atoms with Crippen molar-refractivity contribution in [2.45, 2.75) is 71.8 Å². The zero-order valence-corrected chi connectivity index (χ0v) is 20.3.